The van der Waals surface area contributed by atoms with Gasteiger partial charge in [-0.2, -0.15) is 9.37 Å². The van der Waals surface area contributed by atoms with Gasteiger partial charge in [-0.1, -0.05) is 0 Å². The Morgan fingerprint density at radius 3 is 2.85 bits per heavy atom. The Morgan fingerprint density at radius 2 is 2.04 bits per heavy atom. The van der Waals surface area contributed by atoms with Gasteiger partial charge >= 0.3 is 0 Å². The summed E-state index contributed by atoms with van der Waals surface area (Å²) in [7, 11) is 0. The van der Waals surface area contributed by atoms with E-state index in [9.17, 15) is 4.39 Å². The topological polar surface area (TPSA) is 79.8 Å². The molecule has 3 aromatic rings. The van der Waals surface area contributed by atoms with Crippen molar-refractivity contribution >= 4 is 16.9 Å². The van der Waals surface area contributed by atoms with Gasteiger partial charge in [-0.3, -0.25) is 0 Å². The van der Waals surface area contributed by atoms with Gasteiger partial charge in [0.25, 0.3) is 5.88 Å². The van der Waals surface area contributed by atoms with Gasteiger partial charge < -0.3 is 14.6 Å². The van der Waals surface area contributed by atoms with Crippen LogP contribution in [-0.2, 0) is 0 Å². The molecule has 4 rings (SSSR count). The summed E-state index contributed by atoms with van der Waals surface area (Å²) in [6, 6.07) is 2.00. The molecule has 1 aliphatic heterocycles. The molecule has 1 fully saturated rings. The molecule has 1 N–H and O–H groups in total. The number of rotatable bonds is 4. The van der Waals surface area contributed by atoms with E-state index in [0.717, 1.165) is 42.8 Å². The van der Waals surface area contributed by atoms with E-state index >= 15 is 0 Å². The highest BCUT2D eigenvalue weighted by Gasteiger charge is 2.23. The number of fused-ring (bicyclic) bond motifs is 1. The zero-order chi connectivity index (χ0) is 18.1. The molecule has 0 aromatic carbocycles. The summed E-state index contributed by atoms with van der Waals surface area (Å²) < 4.78 is 19.7. The molecular formula is C18H21FN6O. The van der Waals surface area contributed by atoms with Gasteiger partial charge in [-0.05, 0) is 38.7 Å². The van der Waals surface area contributed by atoms with Crippen molar-refractivity contribution in [3.8, 4) is 5.88 Å². The molecule has 0 spiro atoms. The van der Waals surface area contributed by atoms with E-state index in [1.165, 1.54) is 0 Å². The minimum atomic E-state index is -0.469. The van der Waals surface area contributed by atoms with E-state index in [1.807, 2.05) is 12.3 Å². The Morgan fingerprint density at radius 1 is 1.23 bits per heavy atom. The highest BCUT2D eigenvalue weighted by atomic mass is 19.1. The third kappa shape index (κ3) is 3.18. The second kappa shape index (κ2) is 6.86. The summed E-state index contributed by atoms with van der Waals surface area (Å²) in [5.74, 6) is 1.44. The van der Waals surface area contributed by atoms with Crippen LogP contribution in [-0.4, -0.2) is 44.6 Å². The molecule has 8 heteroatoms. The molecule has 0 amide bonds. The van der Waals surface area contributed by atoms with Gasteiger partial charge in [0.05, 0.1) is 17.7 Å². The van der Waals surface area contributed by atoms with Gasteiger partial charge in [0.15, 0.2) is 0 Å². The maximum Gasteiger partial charge on any atom is 0.254 e. The van der Waals surface area contributed by atoms with Crippen LogP contribution in [0.2, 0.25) is 0 Å². The van der Waals surface area contributed by atoms with Gasteiger partial charge in [0.2, 0.25) is 5.82 Å². The Bertz CT molecular complexity index is 919. The minimum Gasteiger partial charge on any atom is -0.475 e. The molecule has 3 aromatic heterocycles. The lowest BCUT2D eigenvalue weighted by Gasteiger charge is -2.32. The predicted molar refractivity (Wildman–Crippen MR) is 95.8 cm³/mol. The molecule has 0 unspecified atom stereocenters. The number of aromatic nitrogens is 5. The van der Waals surface area contributed by atoms with Crippen molar-refractivity contribution in [2.75, 3.05) is 24.6 Å². The molecular weight excluding hydrogens is 335 g/mol. The Balaban J connectivity index is 1.38. The number of nitrogens with zero attached hydrogens (tertiary/aromatic N) is 5. The molecule has 0 saturated carbocycles. The number of halogens is 1. The second-order valence-electron chi connectivity index (χ2n) is 6.65. The van der Waals surface area contributed by atoms with E-state index in [4.69, 9.17) is 4.74 Å². The van der Waals surface area contributed by atoms with Gasteiger partial charge in [-0.25, -0.2) is 15.0 Å². The first kappa shape index (κ1) is 16.7. The fraction of sp³-hybridized carbons (Fsp3) is 0.444. The normalized spacial score (nSPS) is 15.6. The molecule has 0 atom stereocenters. The van der Waals surface area contributed by atoms with Gasteiger partial charge in [0, 0.05) is 19.3 Å². The largest absolute Gasteiger partial charge is 0.475 e. The van der Waals surface area contributed by atoms with Crippen LogP contribution >= 0.6 is 0 Å². The van der Waals surface area contributed by atoms with Crippen molar-refractivity contribution in [3.63, 3.8) is 0 Å². The zero-order valence-corrected chi connectivity index (χ0v) is 14.9. The van der Waals surface area contributed by atoms with E-state index in [2.05, 4.69) is 29.8 Å². The summed E-state index contributed by atoms with van der Waals surface area (Å²) in [4.78, 5) is 22.1. The van der Waals surface area contributed by atoms with E-state index in [0.29, 0.717) is 24.0 Å². The second-order valence-corrected chi connectivity index (χ2v) is 6.65. The van der Waals surface area contributed by atoms with Crippen LogP contribution in [0.25, 0.3) is 11.0 Å². The molecule has 1 saturated heterocycles. The number of piperidine rings is 1. The van der Waals surface area contributed by atoms with Crippen molar-refractivity contribution in [1.82, 2.24) is 24.9 Å². The lowest BCUT2D eigenvalue weighted by atomic mass is 9.97. The molecule has 0 aliphatic carbocycles. The number of hydrogen-bond donors (Lipinski definition) is 1. The number of hydrogen-bond acceptors (Lipinski definition) is 6. The van der Waals surface area contributed by atoms with Crippen LogP contribution < -0.4 is 9.64 Å². The SMILES string of the molecule is Cc1nc(C)c(F)c(OCC2CCN(c3ncnc4[nH]ccc34)CC2)n1. The fourth-order valence-corrected chi connectivity index (χ4v) is 3.38. The van der Waals surface area contributed by atoms with E-state index in [1.54, 1.807) is 20.2 Å². The average molecular weight is 356 g/mol. The summed E-state index contributed by atoms with van der Waals surface area (Å²) in [5, 5.41) is 1.04. The maximum atomic E-state index is 14.1. The number of ether oxygens (including phenoxy) is 1. The molecule has 7 nitrogen and oxygen atoms in total. The molecule has 0 radical (unpaired) electrons. The predicted octanol–water partition coefficient (Wildman–Crippen LogP) is 2.80. The molecule has 0 bridgehead atoms. The van der Waals surface area contributed by atoms with Crippen molar-refractivity contribution in [2.45, 2.75) is 26.7 Å². The minimum absolute atomic E-state index is 0.0576. The number of nitrogens with one attached hydrogen (secondary N) is 1. The first-order valence-corrected chi connectivity index (χ1v) is 8.78. The van der Waals surface area contributed by atoms with Gasteiger partial charge in [-0.15, -0.1) is 0 Å². The summed E-state index contributed by atoms with van der Waals surface area (Å²) in [6.07, 6.45) is 5.39. The zero-order valence-electron chi connectivity index (χ0n) is 14.9. The van der Waals surface area contributed by atoms with Gasteiger partial charge in [0.1, 0.15) is 23.6 Å². The first-order chi connectivity index (χ1) is 12.6. The van der Waals surface area contributed by atoms with Crippen LogP contribution in [0, 0.1) is 25.6 Å². The molecule has 4 heterocycles. The van der Waals surface area contributed by atoms with E-state index in [-0.39, 0.29) is 5.88 Å². The Hall–Kier alpha value is -2.77. The van der Waals surface area contributed by atoms with E-state index < -0.39 is 5.82 Å². The van der Waals surface area contributed by atoms with Crippen molar-refractivity contribution < 1.29 is 9.13 Å². The third-order valence-corrected chi connectivity index (χ3v) is 4.80. The van der Waals surface area contributed by atoms with Crippen LogP contribution in [0.15, 0.2) is 18.6 Å². The Labute approximate surface area is 150 Å². The summed E-state index contributed by atoms with van der Waals surface area (Å²) in [6.45, 7) is 5.59. The molecule has 136 valence electrons. The molecule has 1 aliphatic rings. The van der Waals surface area contributed by atoms with Crippen LogP contribution in [0.1, 0.15) is 24.4 Å². The lowest BCUT2D eigenvalue weighted by molar-refractivity contribution is 0.206. The lowest BCUT2D eigenvalue weighted by Crippen LogP contribution is -2.36. The monoisotopic (exact) mass is 356 g/mol. The highest BCUT2D eigenvalue weighted by molar-refractivity contribution is 5.87. The number of aromatic amines is 1. The van der Waals surface area contributed by atoms with Crippen LogP contribution in [0.5, 0.6) is 5.88 Å². The number of anilines is 1. The summed E-state index contributed by atoms with van der Waals surface area (Å²) in [5.41, 5.74) is 1.17. The quantitative estimate of drug-likeness (QED) is 0.774. The average Bonchev–Trinajstić information content (AvgIpc) is 3.13. The van der Waals surface area contributed by atoms with Crippen LogP contribution in [0.3, 0.4) is 0 Å². The van der Waals surface area contributed by atoms with Crippen molar-refractivity contribution in [1.29, 1.82) is 0 Å². The maximum absolute atomic E-state index is 14.1. The fourth-order valence-electron chi connectivity index (χ4n) is 3.38. The van der Waals surface area contributed by atoms with Crippen molar-refractivity contribution in [2.24, 2.45) is 5.92 Å². The first-order valence-electron chi connectivity index (χ1n) is 8.78. The summed E-state index contributed by atoms with van der Waals surface area (Å²) >= 11 is 0. The van der Waals surface area contributed by atoms with Crippen molar-refractivity contribution in [3.05, 3.63) is 35.9 Å². The highest BCUT2D eigenvalue weighted by Crippen LogP contribution is 2.27. The number of aryl methyl sites for hydroxylation is 2. The Kier molecular flexibility index (Phi) is 4.40. The molecule has 26 heavy (non-hydrogen) atoms. The third-order valence-electron chi connectivity index (χ3n) is 4.80. The number of H-pyrrole nitrogens is 1. The van der Waals surface area contributed by atoms with Crippen LogP contribution in [0.4, 0.5) is 10.2 Å². The standard InChI is InChI=1S/C18H21FN6O/c1-11-15(19)18(24-12(2)23-11)26-9-13-4-7-25(8-5-13)17-14-3-6-20-16(14)21-10-22-17/h3,6,10,13H,4-5,7-9H2,1-2H3,(H,20,21,22). The smallest absolute Gasteiger partial charge is 0.254 e.